The van der Waals surface area contributed by atoms with E-state index in [0.717, 1.165) is 17.2 Å². The van der Waals surface area contributed by atoms with Crippen molar-refractivity contribution < 1.29 is 9.90 Å². The topological polar surface area (TPSA) is 50.2 Å². The summed E-state index contributed by atoms with van der Waals surface area (Å²) in [7, 11) is 0. The van der Waals surface area contributed by atoms with Crippen LogP contribution in [0.25, 0.3) is 11.3 Å². The molecule has 20 heavy (non-hydrogen) atoms. The van der Waals surface area contributed by atoms with E-state index in [9.17, 15) is 4.79 Å². The number of rotatable bonds is 3. The number of carbonyl (C=O) groups is 1. The van der Waals surface area contributed by atoms with Gasteiger partial charge in [0.1, 0.15) is 0 Å². The molecule has 0 radical (unpaired) electrons. The Morgan fingerprint density at radius 1 is 1.30 bits per heavy atom. The third kappa shape index (κ3) is 2.61. The van der Waals surface area contributed by atoms with Crippen molar-refractivity contribution in [3.63, 3.8) is 0 Å². The third-order valence-electron chi connectivity index (χ3n) is 3.99. The molecule has 2 atom stereocenters. The maximum atomic E-state index is 10.8. The van der Waals surface area contributed by atoms with Crippen LogP contribution in [0.3, 0.4) is 0 Å². The first kappa shape index (κ1) is 13.3. The number of benzene rings is 1. The van der Waals surface area contributed by atoms with Crippen molar-refractivity contribution in [3.8, 4) is 11.3 Å². The van der Waals surface area contributed by atoms with Crippen LogP contribution < -0.4 is 0 Å². The van der Waals surface area contributed by atoms with Gasteiger partial charge < -0.3 is 5.11 Å². The fraction of sp³-hybridized carbons (Fsp3) is 0.375. The monoisotopic (exact) mass is 287 g/mol. The van der Waals surface area contributed by atoms with Crippen molar-refractivity contribution >= 4 is 17.3 Å². The first-order valence-corrected chi connectivity index (χ1v) is 7.80. The average Bonchev–Trinajstić information content (AvgIpc) is 3.07. The highest BCUT2D eigenvalue weighted by Gasteiger charge is 2.25. The molecule has 1 aromatic carbocycles. The molecule has 0 saturated heterocycles. The van der Waals surface area contributed by atoms with Crippen LogP contribution in [0.2, 0.25) is 0 Å². The molecule has 3 rings (SSSR count). The Bertz CT molecular complexity index is 618. The number of aromatic carboxylic acids is 1. The van der Waals surface area contributed by atoms with E-state index in [1.54, 1.807) is 23.5 Å². The summed E-state index contributed by atoms with van der Waals surface area (Å²) in [4.78, 5) is 15.6. The van der Waals surface area contributed by atoms with Crippen LogP contribution in [0.4, 0.5) is 0 Å². The zero-order valence-corrected chi connectivity index (χ0v) is 12.2. The van der Waals surface area contributed by atoms with E-state index in [2.05, 4.69) is 12.3 Å². The summed E-state index contributed by atoms with van der Waals surface area (Å²) < 4.78 is 0. The number of thiazole rings is 1. The van der Waals surface area contributed by atoms with Gasteiger partial charge in [-0.15, -0.1) is 11.3 Å². The highest BCUT2D eigenvalue weighted by atomic mass is 32.1. The summed E-state index contributed by atoms with van der Waals surface area (Å²) in [6, 6.07) is 6.93. The van der Waals surface area contributed by atoms with Gasteiger partial charge in [0.2, 0.25) is 0 Å². The van der Waals surface area contributed by atoms with Crippen LogP contribution >= 0.6 is 11.3 Å². The molecular weight excluding hydrogens is 270 g/mol. The van der Waals surface area contributed by atoms with Gasteiger partial charge in [0.25, 0.3) is 0 Å². The summed E-state index contributed by atoms with van der Waals surface area (Å²) in [6.45, 7) is 2.30. The van der Waals surface area contributed by atoms with Gasteiger partial charge in [-0.2, -0.15) is 0 Å². The molecule has 0 amide bonds. The van der Waals surface area contributed by atoms with Gasteiger partial charge in [0, 0.05) is 16.9 Å². The van der Waals surface area contributed by atoms with Crippen LogP contribution in [0, 0.1) is 5.92 Å². The quantitative estimate of drug-likeness (QED) is 0.909. The molecular formula is C16H17NO2S. The van der Waals surface area contributed by atoms with Gasteiger partial charge in [-0.25, -0.2) is 9.78 Å². The van der Waals surface area contributed by atoms with Crippen molar-refractivity contribution in [2.24, 2.45) is 5.92 Å². The third-order valence-corrected chi connectivity index (χ3v) is 5.00. The SMILES string of the molecule is CC1CCC(c2nc(-c3ccc(C(=O)O)cc3)cs2)C1. The minimum absolute atomic E-state index is 0.314. The fourth-order valence-corrected chi connectivity index (χ4v) is 3.80. The Morgan fingerprint density at radius 3 is 2.65 bits per heavy atom. The van der Waals surface area contributed by atoms with Gasteiger partial charge in [0.05, 0.1) is 16.3 Å². The molecule has 4 heteroatoms. The highest BCUT2D eigenvalue weighted by molar-refractivity contribution is 7.10. The van der Waals surface area contributed by atoms with E-state index in [0.29, 0.717) is 11.5 Å². The zero-order chi connectivity index (χ0) is 14.1. The Labute approximate surface area is 122 Å². The molecule has 0 spiro atoms. The predicted octanol–water partition coefficient (Wildman–Crippen LogP) is 4.41. The summed E-state index contributed by atoms with van der Waals surface area (Å²) >= 11 is 1.73. The standard InChI is InChI=1S/C16H17NO2S/c1-10-2-3-13(8-10)15-17-14(9-20-15)11-4-6-12(7-5-11)16(18)19/h4-7,9-10,13H,2-3,8H2,1H3,(H,18,19). The minimum Gasteiger partial charge on any atom is -0.478 e. The molecule has 2 aromatic rings. The van der Waals surface area contributed by atoms with E-state index >= 15 is 0 Å². The van der Waals surface area contributed by atoms with Gasteiger partial charge in [-0.05, 0) is 30.9 Å². The van der Waals surface area contributed by atoms with Gasteiger partial charge in [-0.3, -0.25) is 0 Å². The molecule has 1 aliphatic carbocycles. The Morgan fingerprint density at radius 2 is 2.05 bits per heavy atom. The lowest BCUT2D eigenvalue weighted by Crippen LogP contribution is -1.95. The molecule has 1 saturated carbocycles. The van der Waals surface area contributed by atoms with Gasteiger partial charge in [0.15, 0.2) is 0 Å². The zero-order valence-electron chi connectivity index (χ0n) is 11.4. The summed E-state index contributed by atoms with van der Waals surface area (Å²) in [5, 5.41) is 12.2. The molecule has 1 fully saturated rings. The molecule has 1 N–H and O–H groups in total. The lowest BCUT2D eigenvalue weighted by atomic mass is 10.1. The second-order valence-corrected chi connectivity index (χ2v) is 6.46. The van der Waals surface area contributed by atoms with Crippen molar-refractivity contribution in [2.75, 3.05) is 0 Å². The van der Waals surface area contributed by atoms with Crippen LogP contribution in [0.15, 0.2) is 29.6 Å². The smallest absolute Gasteiger partial charge is 0.335 e. The number of carboxylic acids is 1. The van der Waals surface area contributed by atoms with Crippen LogP contribution in [-0.4, -0.2) is 16.1 Å². The second kappa shape index (κ2) is 5.37. The largest absolute Gasteiger partial charge is 0.478 e. The van der Waals surface area contributed by atoms with Crippen LogP contribution in [-0.2, 0) is 0 Å². The van der Waals surface area contributed by atoms with Crippen LogP contribution in [0.5, 0.6) is 0 Å². The molecule has 104 valence electrons. The number of aromatic nitrogens is 1. The fourth-order valence-electron chi connectivity index (χ4n) is 2.82. The van der Waals surface area contributed by atoms with Crippen molar-refractivity contribution in [1.29, 1.82) is 0 Å². The van der Waals surface area contributed by atoms with E-state index in [-0.39, 0.29) is 0 Å². The normalized spacial score (nSPS) is 22.1. The summed E-state index contributed by atoms with van der Waals surface area (Å²) in [5.74, 6) is 0.528. The molecule has 1 aliphatic rings. The van der Waals surface area contributed by atoms with Crippen molar-refractivity contribution in [2.45, 2.75) is 32.1 Å². The summed E-state index contributed by atoms with van der Waals surface area (Å²) in [5.41, 5.74) is 2.26. The van der Waals surface area contributed by atoms with Crippen molar-refractivity contribution in [1.82, 2.24) is 4.98 Å². The van der Waals surface area contributed by atoms with Crippen LogP contribution in [0.1, 0.15) is 47.5 Å². The molecule has 2 unspecified atom stereocenters. The van der Waals surface area contributed by atoms with Gasteiger partial charge >= 0.3 is 5.97 Å². The molecule has 1 aromatic heterocycles. The van der Waals surface area contributed by atoms with Crippen molar-refractivity contribution in [3.05, 3.63) is 40.2 Å². The summed E-state index contributed by atoms with van der Waals surface area (Å²) in [6.07, 6.45) is 3.78. The lowest BCUT2D eigenvalue weighted by Gasteiger charge is -2.04. The number of carboxylic acid groups (broad SMARTS) is 1. The molecule has 1 heterocycles. The Balaban J connectivity index is 1.81. The maximum Gasteiger partial charge on any atom is 0.335 e. The Kier molecular flexibility index (Phi) is 3.57. The highest BCUT2D eigenvalue weighted by Crippen LogP contribution is 2.40. The second-order valence-electron chi connectivity index (χ2n) is 5.57. The minimum atomic E-state index is -0.893. The van der Waals surface area contributed by atoms with E-state index in [1.807, 2.05) is 12.1 Å². The van der Waals surface area contributed by atoms with E-state index in [4.69, 9.17) is 10.1 Å². The maximum absolute atomic E-state index is 10.8. The number of hydrogen-bond donors (Lipinski definition) is 1. The average molecular weight is 287 g/mol. The molecule has 0 bridgehead atoms. The number of nitrogens with zero attached hydrogens (tertiary/aromatic N) is 1. The first-order chi connectivity index (χ1) is 9.63. The lowest BCUT2D eigenvalue weighted by molar-refractivity contribution is 0.0697. The predicted molar refractivity (Wildman–Crippen MR) is 80.3 cm³/mol. The first-order valence-electron chi connectivity index (χ1n) is 6.92. The Hall–Kier alpha value is -1.68. The van der Waals surface area contributed by atoms with E-state index < -0.39 is 5.97 Å². The van der Waals surface area contributed by atoms with E-state index in [1.165, 1.54) is 24.3 Å². The molecule has 3 nitrogen and oxygen atoms in total. The van der Waals surface area contributed by atoms with Gasteiger partial charge in [-0.1, -0.05) is 25.5 Å². The molecule has 0 aliphatic heterocycles. The number of hydrogen-bond acceptors (Lipinski definition) is 3.